The molecular weight excluding hydrogens is 817 g/mol. The number of aryl methyl sites for hydroxylation is 1. The van der Waals surface area contributed by atoms with Crippen LogP contribution < -0.4 is 25.2 Å². The second-order valence-corrected chi connectivity index (χ2v) is 18.1. The second-order valence-electron chi connectivity index (χ2n) is 17.2. The Hall–Kier alpha value is -6.55. The van der Waals surface area contributed by atoms with Crippen LogP contribution in [0.2, 0.25) is 0 Å². The Bertz CT molecular complexity index is 2600. The van der Waals surface area contributed by atoms with Crippen molar-refractivity contribution < 1.29 is 24.0 Å². The number of rotatable bonds is 12. The summed E-state index contributed by atoms with van der Waals surface area (Å²) in [5.74, 6) is 0.909. The quantitative estimate of drug-likeness (QED) is 0.113. The lowest BCUT2D eigenvalue weighted by molar-refractivity contribution is -0.141. The zero-order chi connectivity index (χ0) is 43.8. The number of piperazine rings is 1. The normalized spacial score (nSPS) is 19.3. The first-order chi connectivity index (χ1) is 30.5. The predicted molar refractivity (Wildman–Crippen MR) is 242 cm³/mol. The number of likely N-dealkylation sites (tertiary alicyclic amines) is 1. The molecule has 5 atom stereocenters. The molecule has 63 heavy (non-hydrogen) atoms. The van der Waals surface area contributed by atoms with Gasteiger partial charge in [-0.3, -0.25) is 9.59 Å². The van der Waals surface area contributed by atoms with E-state index < -0.39 is 12.0 Å². The number of anilines is 3. The summed E-state index contributed by atoms with van der Waals surface area (Å²) >= 11 is 1.61. The van der Waals surface area contributed by atoms with E-state index in [0.29, 0.717) is 48.1 Å². The number of nitrogens with zero attached hydrogens (tertiary/aromatic N) is 8. The van der Waals surface area contributed by atoms with E-state index in [1.807, 2.05) is 75.7 Å². The van der Waals surface area contributed by atoms with Crippen LogP contribution in [-0.4, -0.2) is 92.0 Å². The van der Waals surface area contributed by atoms with Gasteiger partial charge in [-0.2, -0.15) is 0 Å². The van der Waals surface area contributed by atoms with Gasteiger partial charge in [0.05, 0.1) is 39.5 Å². The standard InChI is InChI=1S/C47H52N10O5S/c1-27(2)43(47(60)57-23-28(3)18-39(57)46(59)51-29(4)31-10-12-32(13-11-31)44-30(5)50-26-63-44)41-19-33(54-62-41)25-61-42-20-34(14-15-48-42)55-16-17-56-35(24-55)22-49-45-38(56)21-37(52-53-45)36-8-6-7-9-40(36)58/h6-15,19-21,26-29,35,39,43,58H,16-18,22-25H2,1-5H3,(H,49,53)(H,51,59)/t28-,29+,35?,39+,43?/m1/s1. The third-order valence-corrected chi connectivity index (χ3v) is 13.4. The SMILES string of the molecule is Cc1ncsc1-c1ccc([C@H](C)NC(=O)[C@@H]2C[C@@H](C)CN2C(=O)C(c2cc(COc3cc(N4CCN5c6cc(-c7ccccc7O)nnc6NCC5C4)ccn3)no2)C(C)C)cc1. The lowest BCUT2D eigenvalue weighted by atomic mass is 9.91. The molecule has 326 valence electrons. The summed E-state index contributed by atoms with van der Waals surface area (Å²) in [7, 11) is 0. The van der Waals surface area contributed by atoms with E-state index in [9.17, 15) is 14.7 Å². The van der Waals surface area contributed by atoms with E-state index in [-0.39, 0.29) is 48.1 Å². The summed E-state index contributed by atoms with van der Waals surface area (Å²) in [4.78, 5) is 44.6. The van der Waals surface area contributed by atoms with Crippen molar-refractivity contribution in [3.8, 4) is 33.3 Å². The van der Waals surface area contributed by atoms with E-state index in [0.717, 1.165) is 58.5 Å². The fourth-order valence-electron chi connectivity index (χ4n) is 9.06. The molecule has 2 amide bonds. The molecule has 0 saturated carbocycles. The number of nitrogens with one attached hydrogen (secondary N) is 2. The molecule has 6 aromatic rings. The molecule has 7 heterocycles. The molecule has 2 aromatic carbocycles. The molecule has 0 radical (unpaired) electrons. The lowest BCUT2D eigenvalue weighted by Crippen LogP contribution is -2.58. The number of amides is 2. The predicted octanol–water partition coefficient (Wildman–Crippen LogP) is 7.22. The molecule has 2 saturated heterocycles. The highest BCUT2D eigenvalue weighted by molar-refractivity contribution is 7.13. The van der Waals surface area contributed by atoms with Crippen LogP contribution in [-0.2, 0) is 16.2 Å². The molecule has 16 heteroatoms. The van der Waals surface area contributed by atoms with Gasteiger partial charge in [0, 0.05) is 62.3 Å². The number of phenolic OH excluding ortho intramolecular Hbond substituents is 1. The Morgan fingerprint density at radius 2 is 1.84 bits per heavy atom. The molecule has 3 aliphatic rings. The number of aromatic nitrogens is 5. The average Bonchev–Trinajstić information content (AvgIpc) is 4.05. The monoisotopic (exact) mass is 868 g/mol. The molecule has 2 unspecified atom stereocenters. The van der Waals surface area contributed by atoms with Gasteiger partial charge in [-0.15, -0.1) is 21.5 Å². The Kier molecular flexibility index (Phi) is 11.7. The molecule has 15 nitrogen and oxygen atoms in total. The number of carbonyl (C=O) groups is 2. The molecular formula is C47H52N10O5S. The zero-order valence-electron chi connectivity index (χ0n) is 36.1. The van der Waals surface area contributed by atoms with Gasteiger partial charge in [0.1, 0.15) is 35.8 Å². The summed E-state index contributed by atoms with van der Waals surface area (Å²) in [6.07, 6.45) is 2.32. The fourth-order valence-corrected chi connectivity index (χ4v) is 9.87. The average molecular weight is 869 g/mol. The maximum Gasteiger partial charge on any atom is 0.243 e. The molecule has 0 spiro atoms. The minimum absolute atomic E-state index is 0.102. The first kappa shape index (κ1) is 41.8. The smallest absolute Gasteiger partial charge is 0.243 e. The minimum atomic E-state index is -0.627. The fraction of sp³-hybridized carbons (Fsp3) is 0.383. The molecule has 3 aliphatic heterocycles. The maximum atomic E-state index is 14.4. The van der Waals surface area contributed by atoms with Gasteiger partial charge in [-0.05, 0) is 67.5 Å². The van der Waals surface area contributed by atoms with Crippen LogP contribution in [0.15, 0.2) is 89.0 Å². The highest BCUT2D eigenvalue weighted by Gasteiger charge is 2.43. The van der Waals surface area contributed by atoms with E-state index in [2.05, 4.69) is 64.8 Å². The number of fused-ring (bicyclic) bond motifs is 3. The number of para-hydroxylation sites is 1. The maximum absolute atomic E-state index is 14.4. The Morgan fingerprint density at radius 1 is 1.02 bits per heavy atom. The minimum Gasteiger partial charge on any atom is -0.507 e. The highest BCUT2D eigenvalue weighted by atomic mass is 32.1. The van der Waals surface area contributed by atoms with Crippen molar-refractivity contribution in [3.63, 3.8) is 0 Å². The van der Waals surface area contributed by atoms with Crippen LogP contribution in [0.5, 0.6) is 11.6 Å². The number of hydrogen-bond donors (Lipinski definition) is 3. The van der Waals surface area contributed by atoms with Crippen molar-refractivity contribution in [2.45, 2.75) is 71.7 Å². The summed E-state index contributed by atoms with van der Waals surface area (Å²) < 4.78 is 12.0. The number of thiazole rings is 1. The number of benzene rings is 2. The van der Waals surface area contributed by atoms with Gasteiger partial charge in [0.15, 0.2) is 5.82 Å². The summed E-state index contributed by atoms with van der Waals surface area (Å²) in [5.41, 5.74) is 8.70. The van der Waals surface area contributed by atoms with Crippen LogP contribution in [0, 0.1) is 18.8 Å². The second kappa shape index (κ2) is 17.7. The molecule has 0 bridgehead atoms. The molecule has 0 aliphatic carbocycles. The van der Waals surface area contributed by atoms with Crippen LogP contribution in [0.4, 0.5) is 17.2 Å². The summed E-state index contributed by atoms with van der Waals surface area (Å²) in [6.45, 7) is 13.6. The summed E-state index contributed by atoms with van der Waals surface area (Å²) in [6, 6.07) is 22.4. The largest absolute Gasteiger partial charge is 0.507 e. The van der Waals surface area contributed by atoms with E-state index in [4.69, 9.17) is 9.26 Å². The van der Waals surface area contributed by atoms with Gasteiger partial charge in [0.25, 0.3) is 0 Å². The van der Waals surface area contributed by atoms with Gasteiger partial charge >= 0.3 is 0 Å². The first-order valence-corrected chi connectivity index (χ1v) is 22.5. The number of hydrogen-bond acceptors (Lipinski definition) is 14. The molecule has 2 fully saturated rings. The van der Waals surface area contributed by atoms with Gasteiger partial charge in [-0.25, -0.2) is 9.97 Å². The first-order valence-electron chi connectivity index (χ1n) is 21.6. The van der Waals surface area contributed by atoms with Crippen LogP contribution in [0.3, 0.4) is 0 Å². The number of pyridine rings is 1. The van der Waals surface area contributed by atoms with Crippen molar-refractivity contribution in [2.24, 2.45) is 11.8 Å². The Labute approximate surface area is 370 Å². The van der Waals surface area contributed by atoms with Crippen LogP contribution >= 0.6 is 11.3 Å². The van der Waals surface area contributed by atoms with Crippen molar-refractivity contribution in [1.82, 2.24) is 35.5 Å². The van der Waals surface area contributed by atoms with Crippen molar-refractivity contribution in [2.75, 3.05) is 47.8 Å². The third-order valence-electron chi connectivity index (χ3n) is 12.4. The highest BCUT2D eigenvalue weighted by Crippen LogP contribution is 2.38. The molecule has 9 rings (SSSR count). The van der Waals surface area contributed by atoms with Gasteiger partial charge in [0.2, 0.25) is 17.7 Å². The Morgan fingerprint density at radius 3 is 2.62 bits per heavy atom. The van der Waals surface area contributed by atoms with E-state index >= 15 is 0 Å². The topological polar surface area (TPSA) is 175 Å². The number of phenols is 1. The number of ether oxygens (including phenoxy) is 1. The van der Waals surface area contributed by atoms with Crippen LogP contribution in [0.25, 0.3) is 21.7 Å². The van der Waals surface area contributed by atoms with E-state index in [1.54, 1.807) is 40.6 Å². The van der Waals surface area contributed by atoms with Crippen molar-refractivity contribution in [1.29, 1.82) is 0 Å². The molecule has 4 aromatic heterocycles. The number of carbonyl (C=O) groups excluding carboxylic acids is 2. The molecule has 3 N–H and O–H groups in total. The van der Waals surface area contributed by atoms with E-state index in [1.165, 1.54) is 0 Å². The summed E-state index contributed by atoms with van der Waals surface area (Å²) in [5, 5.41) is 30.2. The van der Waals surface area contributed by atoms with Gasteiger partial charge < -0.3 is 39.7 Å². The lowest BCUT2D eigenvalue weighted by Gasteiger charge is -2.46. The zero-order valence-corrected chi connectivity index (χ0v) is 36.9. The number of aromatic hydroxyl groups is 1. The van der Waals surface area contributed by atoms with Crippen molar-refractivity contribution in [3.05, 3.63) is 107 Å². The third kappa shape index (κ3) is 8.63. The van der Waals surface area contributed by atoms with Crippen molar-refractivity contribution >= 4 is 40.3 Å². The van der Waals surface area contributed by atoms with Crippen LogP contribution in [0.1, 0.15) is 68.8 Å². The van der Waals surface area contributed by atoms with Gasteiger partial charge in [-0.1, -0.05) is 62.3 Å². The Balaban J connectivity index is 0.818.